The van der Waals surface area contributed by atoms with Crippen molar-refractivity contribution in [2.24, 2.45) is 5.10 Å². The quantitative estimate of drug-likeness (QED) is 0.157. The van der Waals surface area contributed by atoms with Crippen LogP contribution < -0.4 is 14.5 Å². The van der Waals surface area contributed by atoms with Crippen molar-refractivity contribution < 1.29 is 23.8 Å². The Morgan fingerprint density at radius 2 is 1.93 bits per heavy atom. The number of nitrogens with zero attached hydrogens (tertiary/aromatic N) is 4. The molecule has 10 heteroatoms. The molecule has 0 unspecified atom stereocenters. The van der Waals surface area contributed by atoms with Gasteiger partial charge < -0.3 is 14.2 Å². The standard InChI is InChI=1S/C31H30N4O5S/c1-6-11-22-14-21(16-26(38-7-2)27(22)40-18-24-13-10-9-12-23(24)17-32)15-25-19(4)34-35(29(25)36)31-33-20(5)28(41-31)30(37)39-8-3/h6,9-10,12-16H,1,7-8,11,18H2,2-5H3/b25-15-. The summed E-state index contributed by atoms with van der Waals surface area (Å²) in [4.78, 5) is 30.4. The molecule has 1 aromatic heterocycles. The van der Waals surface area contributed by atoms with Gasteiger partial charge in [0.1, 0.15) is 11.5 Å². The van der Waals surface area contributed by atoms with Gasteiger partial charge in [-0.15, -0.1) is 6.58 Å². The molecule has 0 aliphatic carbocycles. The highest BCUT2D eigenvalue weighted by molar-refractivity contribution is 7.17. The molecule has 41 heavy (non-hydrogen) atoms. The van der Waals surface area contributed by atoms with Gasteiger partial charge in [0.25, 0.3) is 5.91 Å². The van der Waals surface area contributed by atoms with E-state index in [9.17, 15) is 14.9 Å². The lowest BCUT2D eigenvalue weighted by atomic mass is 10.0. The molecule has 4 rings (SSSR count). The van der Waals surface area contributed by atoms with Crippen molar-refractivity contribution in [3.63, 3.8) is 0 Å². The number of ether oxygens (including phenoxy) is 3. The summed E-state index contributed by atoms with van der Waals surface area (Å²) in [6.45, 7) is 11.8. The van der Waals surface area contributed by atoms with Crippen molar-refractivity contribution in [3.05, 3.63) is 87.5 Å². The highest BCUT2D eigenvalue weighted by Crippen LogP contribution is 2.37. The summed E-state index contributed by atoms with van der Waals surface area (Å²) in [6, 6.07) is 13.2. The molecule has 0 saturated heterocycles. The molecule has 210 valence electrons. The van der Waals surface area contributed by atoms with Crippen molar-refractivity contribution in [2.45, 2.75) is 40.7 Å². The Kier molecular flexibility index (Phi) is 9.32. The second-order valence-corrected chi connectivity index (χ2v) is 9.96. The normalized spacial score (nSPS) is 13.6. The number of aromatic nitrogens is 1. The van der Waals surface area contributed by atoms with Gasteiger partial charge in [-0.25, -0.2) is 9.78 Å². The summed E-state index contributed by atoms with van der Waals surface area (Å²) in [6.07, 6.45) is 4.01. The fourth-order valence-electron chi connectivity index (χ4n) is 4.25. The number of allylic oxidation sites excluding steroid dienone is 1. The van der Waals surface area contributed by atoms with Gasteiger partial charge in [-0.05, 0) is 64.0 Å². The number of nitriles is 1. The number of amides is 1. The zero-order valence-electron chi connectivity index (χ0n) is 23.4. The minimum atomic E-state index is -0.478. The highest BCUT2D eigenvalue weighted by Gasteiger charge is 2.32. The molecule has 0 spiro atoms. The summed E-state index contributed by atoms with van der Waals surface area (Å²) < 4.78 is 17.2. The Bertz CT molecular complexity index is 1600. The molecule has 1 aliphatic rings. The summed E-state index contributed by atoms with van der Waals surface area (Å²) in [5.74, 6) is 0.229. The molecule has 0 bridgehead atoms. The van der Waals surface area contributed by atoms with E-state index in [2.05, 4.69) is 22.7 Å². The van der Waals surface area contributed by atoms with Gasteiger partial charge in [0.2, 0.25) is 5.13 Å². The molecule has 0 atom stereocenters. The van der Waals surface area contributed by atoms with Crippen LogP contribution in [0.4, 0.5) is 5.13 Å². The summed E-state index contributed by atoms with van der Waals surface area (Å²) in [5.41, 5.74) is 4.22. The lowest BCUT2D eigenvalue weighted by Crippen LogP contribution is -2.21. The number of rotatable bonds is 11. The summed E-state index contributed by atoms with van der Waals surface area (Å²) in [7, 11) is 0. The Labute approximate surface area is 243 Å². The van der Waals surface area contributed by atoms with Gasteiger partial charge in [-0.3, -0.25) is 4.79 Å². The van der Waals surface area contributed by atoms with Crippen LogP contribution in [0.3, 0.4) is 0 Å². The molecule has 9 nitrogen and oxygen atoms in total. The molecule has 2 heterocycles. The fourth-order valence-corrected chi connectivity index (χ4v) is 5.16. The first-order valence-corrected chi connectivity index (χ1v) is 13.9. The number of thiazole rings is 1. The highest BCUT2D eigenvalue weighted by atomic mass is 32.1. The molecule has 1 aliphatic heterocycles. The third-order valence-corrected chi connectivity index (χ3v) is 7.24. The van der Waals surface area contributed by atoms with Crippen LogP contribution >= 0.6 is 11.3 Å². The van der Waals surface area contributed by atoms with Crippen molar-refractivity contribution in [1.29, 1.82) is 5.26 Å². The third-order valence-electron chi connectivity index (χ3n) is 6.13. The van der Waals surface area contributed by atoms with E-state index in [1.165, 1.54) is 5.01 Å². The van der Waals surface area contributed by atoms with Crippen molar-refractivity contribution in [1.82, 2.24) is 4.98 Å². The van der Waals surface area contributed by atoms with Crippen LogP contribution in [0.2, 0.25) is 0 Å². The number of hydrazone groups is 1. The van der Waals surface area contributed by atoms with E-state index >= 15 is 0 Å². The number of hydrogen-bond donors (Lipinski definition) is 0. The maximum absolute atomic E-state index is 13.4. The summed E-state index contributed by atoms with van der Waals surface area (Å²) in [5, 5.41) is 15.4. The second kappa shape index (κ2) is 13.1. The topological polar surface area (TPSA) is 114 Å². The van der Waals surface area contributed by atoms with E-state index in [1.807, 2.05) is 37.3 Å². The zero-order chi connectivity index (χ0) is 29.5. The first-order valence-electron chi connectivity index (χ1n) is 13.1. The SMILES string of the molecule is C=CCc1cc(/C=C2\C(=O)N(c3nc(C)c(C(=O)OCC)s3)N=C2C)cc(OCC)c1OCc1ccccc1C#N. The monoisotopic (exact) mass is 570 g/mol. The average molecular weight is 571 g/mol. The van der Waals surface area contributed by atoms with Gasteiger partial charge in [-0.1, -0.05) is 35.6 Å². The van der Waals surface area contributed by atoms with Gasteiger partial charge in [0.05, 0.1) is 41.8 Å². The Morgan fingerprint density at radius 1 is 1.15 bits per heavy atom. The number of hydrogen-bond acceptors (Lipinski definition) is 9. The molecular weight excluding hydrogens is 540 g/mol. The molecule has 0 radical (unpaired) electrons. The van der Waals surface area contributed by atoms with Crippen LogP contribution in [0.1, 0.15) is 58.4 Å². The fraction of sp³-hybridized carbons (Fsp3) is 0.258. The largest absolute Gasteiger partial charge is 0.490 e. The van der Waals surface area contributed by atoms with Gasteiger partial charge >= 0.3 is 5.97 Å². The number of carbonyl (C=O) groups is 2. The average Bonchev–Trinajstić information content (AvgIpc) is 3.47. The number of esters is 1. The maximum atomic E-state index is 13.4. The van der Waals surface area contributed by atoms with E-state index in [-0.39, 0.29) is 19.1 Å². The van der Waals surface area contributed by atoms with Crippen LogP contribution in [-0.4, -0.2) is 35.8 Å². The summed E-state index contributed by atoms with van der Waals surface area (Å²) >= 11 is 1.06. The van der Waals surface area contributed by atoms with Crippen LogP contribution in [0.15, 0.2) is 59.7 Å². The van der Waals surface area contributed by atoms with E-state index < -0.39 is 5.97 Å². The minimum Gasteiger partial charge on any atom is -0.490 e. The second-order valence-electron chi connectivity index (χ2n) is 8.98. The number of anilines is 1. The molecule has 0 N–H and O–H groups in total. The predicted molar refractivity (Wildman–Crippen MR) is 158 cm³/mol. The smallest absolute Gasteiger partial charge is 0.350 e. The van der Waals surface area contributed by atoms with Gasteiger partial charge in [-0.2, -0.15) is 15.4 Å². The van der Waals surface area contributed by atoms with Crippen LogP contribution in [0, 0.1) is 18.3 Å². The molecule has 3 aromatic rings. The minimum absolute atomic E-state index is 0.189. The molecule has 0 fully saturated rings. The van der Waals surface area contributed by atoms with Gasteiger partial charge in [0, 0.05) is 11.1 Å². The Hall–Kier alpha value is -4.75. The van der Waals surface area contributed by atoms with Crippen molar-refractivity contribution in [3.8, 4) is 17.6 Å². The maximum Gasteiger partial charge on any atom is 0.350 e. The van der Waals surface area contributed by atoms with E-state index in [0.29, 0.717) is 57.1 Å². The number of aryl methyl sites for hydroxylation is 1. The van der Waals surface area contributed by atoms with Crippen LogP contribution in [0.25, 0.3) is 6.08 Å². The molecular formula is C31H30N4O5S. The van der Waals surface area contributed by atoms with Crippen molar-refractivity contribution in [2.75, 3.05) is 18.2 Å². The Balaban J connectivity index is 1.67. The molecule has 1 amide bonds. The predicted octanol–water partition coefficient (Wildman–Crippen LogP) is 6.01. The van der Waals surface area contributed by atoms with Crippen LogP contribution in [0.5, 0.6) is 11.5 Å². The number of carbonyl (C=O) groups excluding carboxylic acids is 2. The Morgan fingerprint density at radius 3 is 2.63 bits per heavy atom. The lowest BCUT2D eigenvalue weighted by molar-refractivity contribution is -0.114. The first-order chi connectivity index (χ1) is 19.8. The van der Waals surface area contributed by atoms with E-state index in [0.717, 1.165) is 28.0 Å². The lowest BCUT2D eigenvalue weighted by Gasteiger charge is -2.17. The first kappa shape index (κ1) is 29.2. The molecule has 0 saturated carbocycles. The third kappa shape index (κ3) is 6.36. The van der Waals surface area contributed by atoms with E-state index in [4.69, 9.17) is 14.2 Å². The van der Waals surface area contributed by atoms with Crippen molar-refractivity contribution >= 4 is 40.1 Å². The molecule has 2 aromatic carbocycles. The zero-order valence-corrected chi connectivity index (χ0v) is 24.2. The van der Waals surface area contributed by atoms with Gasteiger partial charge in [0.15, 0.2) is 11.5 Å². The van der Waals surface area contributed by atoms with Crippen LogP contribution in [-0.2, 0) is 22.6 Å². The number of benzene rings is 2. The van der Waals surface area contributed by atoms with E-state index in [1.54, 1.807) is 39.0 Å².